The molecular weight excluding hydrogens is 440 g/mol. The molecule has 0 aliphatic rings. The first-order valence-corrected chi connectivity index (χ1v) is 12.5. The third-order valence-corrected chi connectivity index (χ3v) is 7.15. The highest BCUT2D eigenvalue weighted by Crippen LogP contribution is 2.32. The number of anilines is 1. The molecule has 0 radical (unpaired) electrons. The number of aromatic nitrogens is 1. The molecule has 0 unspecified atom stereocenters. The summed E-state index contributed by atoms with van der Waals surface area (Å²) in [7, 11) is -7.85. The number of benzene rings is 2. The third kappa shape index (κ3) is 4.92. The highest BCUT2D eigenvalue weighted by Gasteiger charge is 2.23. The summed E-state index contributed by atoms with van der Waals surface area (Å²) in [5, 5.41) is 9.26. The molecule has 3 aromatic rings. The Hall–Kier alpha value is -3.24. The molecule has 0 saturated heterocycles. The number of nitrogens with one attached hydrogen (secondary N) is 1. The Kier molecular flexibility index (Phi) is 6.14. The number of carboxylic acids is 1. The average molecular weight is 461 g/mol. The van der Waals surface area contributed by atoms with Crippen LogP contribution in [-0.4, -0.2) is 39.2 Å². The Balaban J connectivity index is 2.19. The topological polar surface area (TPSA) is 130 Å². The molecule has 0 bridgehead atoms. The van der Waals surface area contributed by atoms with Crippen LogP contribution in [0.15, 0.2) is 70.6 Å². The Morgan fingerprint density at radius 3 is 2.35 bits per heavy atom. The summed E-state index contributed by atoms with van der Waals surface area (Å²) in [6.07, 6.45) is 2.91. The van der Waals surface area contributed by atoms with E-state index in [0.29, 0.717) is 23.2 Å². The number of rotatable bonds is 7. The zero-order valence-corrected chi connectivity index (χ0v) is 18.4. The first kappa shape index (κ1) is 22.4. The largest absolute Gasteiger partial charge is 0.478 e. The van der Waals surface area contributed by atoms with Crippen molar-refractivity contribution in [1.29, 1.82) is 0 Å². The number of hydrogen-bond donors (Lipinski definition) is 2. The van der Waals surface area contributed by atoms with Crippen LogP contribution in [0.2, 0.25) is 0 Å². The second-order valence-electron chi connectivity index (χ2n) is 6.78. The number of aromatic carboxylic acids is 1. The monoisotopic (exact) mass is 460 g/mol. The summed E-state index contributed by atoms with van der Waals surface area (Å²) in [6.45, 7) is 1.75. The predicted octanol–water partition coefficient (Wildman–Crippen LogP) is 3.21. The normalized spacial score (nSPS) is 11.8. The van der Waals surface area contributed by atoms with Crippen molar-refractivity contribution in [1.82, 2.24) is 4.98 Å². The summed E-state index contributed by atoms with van der Waals surface area (Å²) >= 11 is 0. The van der Waals surface area contributed by atoms with Crippen LogP contribution in [0.4, 0.5) is 5.69 Å². The van der Waals surface area contributed by atoms with Gasteiger partial charge in [-0.25, -0.2) is 21.6 Å². The molecule has 0 spiro atoms. The lowest BCUT2D eigenvalue weighted by Gasteiger charge is -2.16. The summed E-state index contributed by atoms with van der Waals surface area (Å²) in [6, 6.07) is 13.0. The third-order valence-electron chi connectivity index (χ3n) is 4.59. The molecule has 3 rings (SSSR count). The van der Waals surface area contributed by atoms with Crippen molar-refractivity contribution in [3.8, 4) is 11.3 Å². The number of nitrogens with zero attached hydrogens (tertiary/aromatic N) is 1. The molecule has 8 nitrogen and oxygen atoms in total. The number of hydrogen-bond acceptors (Lipinski definition) is 6. The lowest BCUT2D eigenvalue weighted by Crippen LogP contribution is -2.17. The first-order valence-electron chi connectivity index (χ1n) is 9.17. The molecule has 0 saturated carbocycles. The van der Waals surface area contributed by atoms with E-state index >= 15 is 0 Å². The van der Waals surface area contributed by atoms with Gasteiger partial charge < -0.3 is 5.11 Å². The zero-order valence-electron chi connectivity index (χ0n) is 16.7. The fraction of sp³-hybridized carbons (Fsp3) is 0.143. The van der Waals surface area contributed by atoms with E-state index in [1.165, 1.54) is 36.5 Å². The lowest BCUT2D eigenvalue weighted by atomic mass is 10.1. The zero-order chi connectivity index (χ0) is 22.8. The van der Waals surface area contributed by atoms with E-state index in [2.05, 4.69) is 9.71 Å². The standard InChI is InChI=1S/C21H20N2O6S2/c1-3-14-7-8-15(21(24)25)12-20(14)31(28,29)23-19-13-16(30(2,26)27)9-10-17(19)18-6-4-5-11-22-18/h4-13,23H,3H2,1-2H3,(H,24,25). The highest BCUT2D eigenvalue weighted by molar-refractivity contribution is 7.92. The van der Waals surface area contributed by atoms with Crippen LogP contribution in [-0.2, 0) is 26.3 Å². The van der Waals surface area contributed by atoms with Crippen LogP contribution in [0.3, 0.4) is 0 Å². The van der Waals surface area contributed by atoms with Gasteiger partial charge in [-0.1, -0.05) is 19.1 Å². The van der Waals surface area contributed by atoms with Crippen LogP contribution in [0.25, 0.3) is 11.3 Å². The molecule has 162 valence electrons. The molecule has 2 aromatic carbocycles. The van der Waals surface area contributed by atoms with Gasteiger partial charge >= 0.3 is 5.97 Å². The van der Waals surface area contributed by atoms with E-state index < -0.39 is 25.8 Å². The minimum atomic E-state index is -4.24. The Bertz CT molecular complexity index is 1350. The van der Waals surface area contributed by atoms with E-state index in [1.807, 2.05) is 0 Å². The van der Waals surface area contributed by atoms with Gasteiger partial charge in [0.05, 0.1) is 26.7 Å². The molecule has 0 aliphatic carbocycles. The Morgan fingerprint density at radius 2 is 1.77 bits per heavy atom. The summed E-state index contributed by atoms with van der Waals surface area (Å²) < 4.78 is 52.9. The van der Waals surface area contributed by atoms with Crippen molar-refractivity contribution < 1.29 is 26.7 Å². The van der Waals surface area contributed by atoms with Crippen LogP contribution in [0.5, 0.6) is 0 Å². The molecule has 0 aliphatic heterocycles. The van der Waals surface area contributed by atoms with Gasteiger partial charge in [0.25, 0.3) is 10.0 Å². The van der Waals surface area contributed by atoms with Gasteiger partial charge in [0.15, 0.2) is 9.84 Å². The Morgan fingerprint density at radius 1 is 1.03 bits per heavy atom. The molecule has 2 N–H and O–H groups in total. The fourth-order valence-corrected chi connectivity index (χ4v) is 5.07. The predicted molar refractivity (Wildman–Crippen MR) is 116 cm³/mol. The van der Waals surface area contributed by atoms with Crippen LogP contribution < -0.4 is 4.72 Å². The van der Waals surface area contributed by atoms with E-state index in [0.717, 1.165) is 12.3 Å². The molecule has 10 heteroatoms. The minimum Gasteiger partial charge on any atom is -0.478 e. The minimum absolute atomic E-state index is 0.0180. The molecule has 31 heavy (non-hydrogen) atoms. The maximum Gasteiger partial charge on any atom is 0.335 e. The molecule has 1 aromatic heterocycles. The van der Waals surface area contributed by atoms with Crippen LogP contribution >= 0.6 is 0 Å². The molecule has 0 atom stereocenters. The maximum atomic E-state index is 13.2. The van der Waals surface area contributed by atoms with Gasteiger partial charge in [-0.15, -0.1) is 0 Å². The lowest BCUT2D eigenvalue weighted by molar-refractivity contribution is 0.0696. The molecule has 0 fully saturated rings. The van der Waals surface area contributed by atoms with Crippen molar-refractivity contribution in [3.63, 3.8) is 0 Å². The average Bonchev–Trinajstić information content (AvgIpc) is 2.73. The fourth-order valence-electron chi connectivity index (χ4n) is 3.01. The quantitative estimate of drug-likeness (QED) is 0.553. The van der Waals surface area contributed by atoms with Crippen molar-refractivity contribution >= 4 is 31.5 Å². The summed E-state index contributed by atoms with van der Waals surface area (Å²) in [5.41, 5.74) is 1.09. The molecule has 0 amide bonds. The summed E-state index contributed by atoms with van der Waals surface area (Å²) in [4.78, 5) is 15.3. The van der Waals surface area contributed by atoms with E-state index in [-0.39, 0.29) is 21.0 Å². The smallest absolute Gasteiger partial charge is 0.335 e. The number of sulfone groups is 1. The van der Waals surface area contributed by atoms with Crippen molar-refractivity contribution in [2.24, 2.45) is 0 Å². The number of carbonyl (C=O) groups is 1. The molecular formula is C21H20N2O6S2. The number of pyridine rings is 1. The van der Waals surface area contributed by atoms with E-state index in [9.17, 15) is 26.7 Å². The number of sulfonamides is 1. The first-order chi connectivity index (χ1) is 14.5. The Labute approximate surface area is 180 Å². The van der Waals surface area contributed by atoms with Crippen molar-refractivity contribution in [3.05, 3.63) is 71.9 Å². The van der Waals surface area contributed by atoms with Gasteiger partial charge in [-0.2, -0.15) is 0 Å². The van der Waals surface area contributed by atoms with Gasteiger partial charge in [0, 0.05) is 18.0 Å². The number of aryl methyl sites for hydroxylation is 1. The van der Waals surface area contributed by atoms with Gasteiger partial charge in [0.2, 0.25) is 0 Å². The molecule has 1 heterocycles. The highest BCUT2D eigenvalue weighted by atomic mass is 32.2. The van der Waals surface area contributed by atoms with E-state index in [1.54, 1.807) is 25.1 Å². The van der Waals surface area contributed by atoms with Gasteiger partial charge in [-0.3, -0.25) is 9.71 Å². The SMILES string of the molecule is CCc1ccc(C(=O)O)cc1S(=O)(=O)Nc1cc(S(C)(=O)=O)ccc1-c1ccccn1. The van der Waals surface area contributed by atoms with Crippen LogP contribution in [0.1, 0.15) is 22.8 Å². The van der Waals surface area contributed by atoms with Gasteiger partial charge in [-0.05, 0) is 54.4 Å². The summed E-state index contributed by atoms with van der Waals surface area (Å²) in [5.74, 6) is -1.26. The van der Waals surface area contributed by atoms with Crippen LogP contribution in [0, 0.1) is 0 Å². The second-order valence-corrected chi connectivity index (χ2v) is 10.4. The van der Waals surface area contributed by atoms with Gasteiger partial charge in [0.1, 0.15) is 0 Å². The number of carboxylic acid groups (broad SMARTS) is 1. The second kappa shape index (κ2) is 8.48. The maximum absolute atomic E-state index is 13.2. The van der Waals surface area contributed by atoms with Crippen molar-refractivity contribution in [2.45, 2.75) is 23.1 Å². The van der Waals surface area contributed by atoms with E-state index in [4.69, 9.17) is 0 Å². The van der Waals surface area contributed by atoms with Crippen molar-refractivity contribution in [2.75, 3.05) is 11.0 Å².